The van der Waals surface area contributed by atoms with Crippen LogP contribution in [-0.4, -0.2) is 45.6 Å². The molecule has 2 N–H and O–H groups in total. The minimum atomic E-state index is -4.50. The zero-order chi connectivity index (χ0) is 35.3. The molecule has 2 aromatic rings. The van der Waals surface area contributed by atoms with Gasteiger partial charge < -0.3 is 19.7 Å². The highest BCUT2D eigenvalue weighted by Crippen LogP contribution is 2.57. The summed E-state index contributed by atoms with van der Waals surface area (Å²) in [6.45, 7) is 19.5. The van der Waals surface area contributed by atoms with Crippen molar-refractivity contribution in [2.75, 3.05) is 19.5 Å². The van der Waals surface area contributed by atoms with Gasteiger partial charge in [0.05, 0.1) is 11.7 Å². The smallest absolute Gasteiger partial charge is 0.433 e. The molecule has 0 radical (unpaired) electrons. The van der Waals surface area contributed by atoms with Crippen molar-refractivity contribution in [2.24, 2.45) is 10.8 Å². The fourth-order valence-electron chi connectivity index (χ4n) is 5.90. The Morgan fingerprint density at radius 2 is 1.65 bits per heavy atom. The molecular formula is C35H53F3N2O5S. The number of carboxylic acids is 1. The first-order chi connectivity index (χ1) is 21.2. The number of alkyl halides is 3. The molecule has 1 saturated heterocycles. The molecule has 3 aliphatic rings. The summed E-state index contributed by atoms with van der Waals surface area (Å²) < 4.78 is 51.8. The van der Waals surface area contributed by atoms with Crippen LogP contribution in [0.15, 0.2) is 18.3 Å². The van der Waals surface area contributed by atoms with Crippen molar-refractivity contribution in [1.29, 1.82) is 0 Å². The van der Waals surface area contributed by atoms with E-state index < -0.39 is 35.6 Å². The number of ether oxygens (including phenoxy) is 2. The van der Waals surface area contributed by atoms with Crippen LogP contribution in [0, 0.1) is 10.8 Å². The third kappa shape index (κ3) is 9.90. The van der Waals surface area contributed by atoms with Crippen molar-refractivity contribution in [1.82, 2.24) is 9.97 Å². The number of aliphatic carboxylic acids is 1. The molecule has 2 atom stereocenters. The van der Waals surface area contributed by atoms with Gasteiger partial charge in [-0.05, 0) is 47.5 Å². The highest BCUT2D eigenvalue weighted by molar-refractivity contribution is 7.79. The summed E-state index contributed by atoms with van der Waals surface area (Å²) in [7, 11) is 0. The standard InChI is InChI=1S/C26H31F3N2O3.C6H14.C2H4O2.CH4S/c1-14(2)22-20-21(19-16(31-22)11-24(3,4)12-17(19)32)25(7-9-33-10-8-25)34-23(20)15-5-6-18(30-13-15)26(27,28)29;1-5-6(2,3)4;1-2(3)4;1-2/h5-6,13-14,17,23,32H,7-12H2,1-4H3;5H2,1-4H3;1H3,(H,3,4);2H,1H3. The molecule has 1 aliphatic carbocycles. The zero-order valence-electron chi connectivity index (χ0n) is 29.0. The topological polar surface area (TPSA) is 102 Å². The lowest BCUT2D eigenvalue weighted by atomic mass is 9.70. The van der Waals surface area contributed by atoms with Crippen molar-refractivity contribution >= 4 is 18.6 Å². The summed E-state index contributed by atoms with van der Waals surface area (Å²) >= 11 is 3.53. The largest absolute Gasteiger partial charge is 0.481 e. The zero-order valence-corrected chi connectivity index (χ0v) is 29.9. The number of aliphatic hydroxyl groups excluding tert-OH is 1. The maximum atomic E-state index is 13.1. The van der Waals surface area contributed by atoms with Gasteiger partial charge in [-0.15, -0.1) is 0 Å². The Morgan fingerprint density at radius 3 is 2.09 bits per heavy atom. The highest BCUT2D eigenvalue weighted by Gasteiger charge is 2.52. The Balaban J connectivity index is 0.000000530. The van der Waals surface area contributed by atoms with Gasteiger partial charge in [-0.2, -0.15) is 25.8 Å². The van der Waals surface area contributed by atoms with E-state index in [1.807, 2.05) is 0 Å². The summed E-state index contributed by atoms with van der Waals surface area (Å²) in [4.78, 5) is 17.8. The van der Waals surface area contributed by atoms with Gasteiger partial charge in [0.25, 0.3) is 5.97 Å². The molecular weight excluding hydrogens is 617 g/mol. The third-order valence-corrected chi connectivity index (χ3v) is 8.45. The lowest BCUT2D eigenvalue weighted by Gasteiger charge is -2.40. The molecule has 5 rings (SSSR count). The predicted molar refractivity (Wildman–Crippen MR) is 177 cm³/mol. The van der Waals surface area contributed by atoms with Crippen molar-refractivity contribution in [3.63, 3.8) is 0 Å². The number of pyridine rings is 2. The SMILES string of the molecule is CC(=O)O.CC(C)c1nc2c(c3c1C(c1ccc(C(F)(F)F)nc1)OC31CCOCC1)C(O)CC(C)(C)C2.CCC(C)(C)C.CS. The number of aliphatic hydroxyl groups is 1. The van der Waals surface area contributed by atoms with Crippen LogP contribution in [0.4, 0.5) is 13.2 Å². The Hall–Kier alpha value is -2.21. The normalized spacial score (nSPS) is 21.0. The van der Waals surface area contributed by atoms with Crippen LogP contribution >= 0.6 is 12.6 Å². The number of nitrogens with zero attached hydrogens (tertiary/aromatic N) is 2. The number of hydrogen-bond donors (Lipinski definition) is 3. The lowest BCUT2D eigenvalue weighted by Crippen LogP contribution is -2.37. The summed E-state index contributed by atoms with van der Waals surface area (Å²) in [6.07, 6.45) is 1.07. The average Bonchev–Trinajstić information content (AvgIpc) is 3.26. The van der Waals surface area contributed by atoms with E-state index in [2.05, 4.69) is 73.0 Å². The monoisotopic (exact) mass is 670 g/mol. The van der Waals surface area contributed by atoms with Crippen molar-refractivity contribution in [2.45, 2.75) is 124 Å². The average molecular weight is 671 g/mol. The van der Waals surface area contributed by atoms with Gasteiger partial charge >= 0.3 is 6.18 Å². The van der Waals surface area contributed by atoms with E-state index in [9.17, 15) is 18.3 Å². The van der Waals surface area contributed by atoms with Crippen LogP contribution < -0.4 is 0 Å². The Bertz CT molecular complexity index is 1300. The summed E-state index contributed by atoms with van der Waals surface area (Å²) in [5.74, 6) is -0.760. The Morgan fingerprint density at radius 1 is 1.11 bits per heavy atom. The molecule has 11 heteroatoms. The molecule has 2 aliphatic heterocycles. The molecule has 2 aromatic heterocycles. The van der Waals surface area contributed by atoms with Crippen LogP contribution in [0.2, 0.25) is 0 Å². The Labute approximate surface area is 278 Å². The molecule has 1 fully saturated rings. The van der Waals surface area contributed by atoms with Gasteiger partial charge in [0.15, 0.2) is 0 Å². The van der Waals surface area contributed by atoms with Gasteiger partial charge in [-0.3, -0.25) is 14.8 Å². The second kappa shape index (κ2) is 15.8. The van der Waals surface area contributed by atoms with E-state index >= 15 is 0 Å². The molecule has 4 heterocycles. The lowest BCUT2D eigenvalue weighted by molar-refractivity contribution is -0.141. The maximum Gasteiger partial charge on any atom is 0.433 e. The van der Waals surface area contributed by atoms with Gasteiger partial charge in [0.2, 0.25) is 0 Å². The molecule has 7 nitrogen and oxygen atoms in total. The van der Waals surface area contributed by atoms with Crippen molar-refractivity contribution in [3.8, 4) is 0 Å². The first kappa shape index (κ1) is 40.0. The van der Waals surface area contributed by atoms with Crippen LogP contribution in [-0.2, 0) is 32.5 Å². The number of rotatable bonds is 2. The van der Waals surface area contributed by atoms with Crippen molar-refractivity contribution < 1.29 is 37.7 Å². The fourth-order valence-corrected chi connectivity index (χ4v) is 5.90. The Kier molecular flexibility index (Phi) is 13.7. The van der Waals surface area contributed by atoms with Gasteiger partial charge in [-0.1, -0.05) is 67.9 Å². The second-order valence-electron chi connectivity index (χ2n) is 14.4. The molecule has 0 bridgehead atoms. The first-order valence-corrected chi connectivity index (χ1v) is 16.8. The molecule has 0 amide bonds. The van der Waals surface area contributed by atoms with Crippen LogP contribution in [0.1, 0.15) is 145 Å². The number of fused-ring (bicyclic) bond motifs is 4. The second-order valence-corrected chi connectivity index (χ2v) is 14.4. The number of halogens is 3. The minimum absolute atomic E-state index is 0.0738. The number of aromatic nitrogens is 2. The van der Waals surface area contributed by atoms with E-state index in [1.165, 1.54) is 18.7 Å². The number of hydrogen-bond acceptors (Lipinski definition) is 7. The van der Waals surface area contributed by atoms with Crippen molar-refractivity contribution in [3.05, 3.63) is 57.7 Å². The summed E-state index contributed by atoms with van der Waals surface area (Å²) in [6, 6.07) is 2.46. The molecule has 0 aromatic carbocycles. The predicted octanol–water partition coefficient (Wildman–Crippen LogP) is 8.83. The highest BCUT2D eigenvalue weighted by atomic mass is 32.1. The minimum Gasteiger partial charge on any atom is -0.481 e. The number of carbonyl (C=O) groups is 1. The van der Waals surface area contributed by atoms with Gasteiger partial charge in [0.1, 0.15) is 11.8 Å². The van der Waals surface area contributed by atoms with Gasteiger partial charge in [-0.25, -0.2) is 0 Å². The summed E-state index contributed by atoms with van der Waals surface area (Å²) in [5, 5.41) is 18.7. The molecule has 46 heavy (non-hydrogen) atoms. The molecule has 0 saturated carbocycles. The fraction of sp³-hybridized carbons (Fsp3) is 0.686. The van der Waals surface area contributed by atoms with Crippen LogP contribution in [0.25, 0.3) is 0 Å². The van der Waals surface area contributed by atoms with Crippen LogP contribution in [0.3, 0.4) is 0 Å². The quantitative estimate of drug-likeness (QED) is 0.275. The molecule has 1 spiro atoms. The van der Waals surface area contributed by atoms with E-state index in [0.29, 0.717) is 43.5 Å². The van der Waals surface area contributed by atoms with Crippen LogP contribution in [0.5, 0.6) is 0 Å². The van der Waals surface area contributed by atoms with Gasteiger partial charge in [0, 0.05) is 67.3 Å². The summed E-state index contributed by atoms with van der Waals surface area (Å²) in [5.41, 5.74) is 3.93. The maximum absolute atomic E-state index is 13.1. The van der Waals surface area contributed by atoms with E-state index in [4.69, 9.17) is 24.4 Å². The number of carboxylic acid groups (broad SMARTS) is 1. The van der Waals surface area contributed by atoms with E-state index in [0.717, 1.165) is 47.5 Å². The van der Waals surface area contributed by atoms with E-state index in [1.54, 1.807) is 6.26 Å². The number of thiol groups is 1. The molecule has 260 valence electrons. The molecule has 2 unspecified atom stereocenters. The van der Waals surface area contributed by atoms with E-state index in [-0.39, 0.29) is 11.3 Å². The third-order valence-electron chi connectivity index (χ3n) is 8.45. The first-order valence-electron chi connectivity index (χ1n) is 15.9.